The van der Waals surface area contributed by atoms with Crippen molar-refractivity contribution in [2.75, 3.05) is 6.54 Å². The quantitative estimate of drug-likeness (QED) is 0.293. The zero-order valence-corrected chi connectivity index (χ0v) is 14.4. The van der Waals surface area contributed by atoms with Crippen LogP contribution in [0.15, 0.2) is 0 Å². The monoisotopic (exact) mass is 301 g/mol. The highest BCUT2D eigenvalue weighted by Crippen LogP contribution is 2.12. The summed E-state index contributed by atoms with van der Waals surface area (Å²) in [7, 11) is 0. The third-order valence-corrected chi connectivity index (χ3v) is 4.04. The van der Waals surface area contributed by atoms with Gasteiger partial charge < -0.3 is 10.2 Å². The van der Waals surface area contributed by atoms with Crippen LogP contribution in [0.4, 0.5) is 0 Å². The molecule has 3 nitrogen and oxygen atoms in total. The van der Waals surface area contributed by atoms with Crippen LogP contribution in [0, 0.1) is 0 Å². The molecule has 21 heavy (non-hydrogen) atoms. The second-order valence-corrected chi connectivity index (χ2v) is 6.34. The topological polar surface area (TPSA) is 52.5 Å². The van der Waals surface area contributed by atoms with Crippen LogP contribution in [0.25, 0.3) is 0 Å². The minimum absolute atomic E-state index is 0.314. The Morgan fingerprint density at radius 2 is 1.19 bits per heavy atom. The third kappa shape index (κ3) is 16.1. The molecule has 0 aromatic heterocycles. The van der Waals surface area contributed by atoms with E-state index in [2.05, 4.69) is 12.2 Å². The molecule has 0 saturated heterocycles. The molecular weight excluding hydrogens is 262 g/mol. The van der Waals surface area contributed by atoms with E-state index in [9.17, 15) is 10.2 Å². The number of nitrogens with one attached hydrogen (secondary N) is 1. The second-order valence-electron chi connectivity index (χ2n) is 6.34. The fraction of sp³-hybridized carbons (Fsp3) is 1.00. The van der Waals surface area contributed by atoms with Crippen molar-refractivity contribution in [3.05, 3.63) is 0 Å². The highest BCUT2D eigenvalue weighted by molar-refractivity contribution is 4.62. The number of hydrogen-bond donors (Lipinski definition) is 3. The fourth-order valence-electron chi connectivity index (χ4n) is 2.62. The van der Waals surface area contributed by atoms with E-state index in [1.807, 2.05) is 6.92 Å². The lowest BCUT2D eigenvalue weighted by molar-refractivity contribution is 0.0910. The summed E-state index contributed by atoms with van der Waals surface area (Å²) in [6, 6.07) is 0. The van der Waals surface area contributed by atoms with Crippen molar-refractivity contribution in [1.29, 1.82) is 0 Å². The molecule has 0 heterocycles. The Hall–Kier alpha value is -0.120. The molecule has 2 unspecified atom stereocenters. The van der Waals surface area contributed by atoms with Gasteiger partial charge in [0.1, 0.15) is 6.23 Å². The average Bonchev–Trinajstić information content (AvgIpc) is 2.47. The van der Waals surface area contributed by atoms with Gasteiger partial charge in [0.2, 0.25) is 0 Å². The molecule has 128 valence electrons. The number of aliphatic hydroxyl groups is 2. The average molecular weight is 302 g/mol. The van der Waals surface area contributed by atoms with E-state index in [1.54, 1.807) is 0 Å². The number of rotatable bonds is 16. The summed E-state index contributed by atoms with van der Waals surface area (Å²) >= 11 is 0. The first-order chi connectivity index (χ1) is 10.2. The van der Waals surface area contributed by atoms with Gasteiger partial charge in [-0.15, -0.1) is 0 Å². The first-order valence-corrected chi connectivity index (χ1v) is 9.30. The van der Waals surface area contributed by atoms with Crippen molar-refractivity contribution in [3.63, 3.8) is 0 Å². The van der Waals surface area contributed by atoms with E-state index in [0.29, 0.717) is 6.54 Å². The van der Waals surface area contributed by atoms with Gasteiger partial charge in [-0.3, -0.25) is 5.32 Å². The Labute approximate surface area is 132 Å². The molecule has 0 radical (unpaired) electrons. The minimum atomic E-state index is -0.461. The molecular formula is C18H39NO2. The SMILES string of the molecule is CCCCCCCCCCCCC(O)CNC(O)CCC. The molecule has 0 rings (SSSR count). The highest BCUT2D eigenvalue weighted by atomic mass is 16.3. The largest absolute Gasteiger partial charge is 0.392 e. The zero-order chi connectivity index (χ0) is 15.8. The van der Waals surface area contributed by atoms with Gasteiger partial charge in [0, 0.05) is 6.54 Å². The summed E-state index contributed by atoms with van der Waals surface area (Å²) in [6.07, 6.45) is 15.0. The van der Waals surface area contributed by atoms with Crippen LogP contribution < -0.4 is 5.32 Å². The molecule has 0 aliphatic carbocycles. The predicted octanol–water partition coefficient (Wildman–Crippen LogP) is 4.37. The van der Waals surface area contributed by atoms with Gasteiger partial charge in [-0.05, 0) is 12.8 Å². The molecule has 0 aliphatic rings. The summed E-state index contributed by atoms with van der Waals surface area (Å²) < 4.78 is 0. The van der Waals surface area contributed by atoms with Crippen molar-refractivity contribution in [3.8, 4) is 0 Å². The number of unbranched alkanes of at least 4 members (excludes halogenated alkanes) is 9. The van der Waals surface area contributed by atoms with Gasteiger partial charge in [0.25, 0.3) is 0 Å². The molecule has 2 atom stereocenters. The van der Waals surface area contributed by atoms with Gasteiger partial charge in [0.15, 0.2) is 0 Å². The van der Waals surface area contributed by atoms with E-state index < -0.39 is 6.23 Å². The Kier molecular flexibility index (Phi) is 16.2. The van der Waals surface area contributed by atoms with Crippen molar-refractivity contribution >= 4 is 0 Å². The Morgan fingerprint density at radius 1 is 0.667 bits per heavy atom. The predicted molar refractivity (Wildman–Crippen MR) is 91.4 cm³/mol. The first-order valence-electron chi connectivity index (χ1n) is 9.30. The maximum Gasteiger partial charge on any atom is 0.104 e. The first kappa shape index (κ1) is 20.9. The molecule has 0 saturated carbocycles. The Morgan fingerprint density at radius 3 is 1.71 bits per heavy atom. The lowest BCUT2D eigenvalue weighted by Crippen LogP contribution is -2.35. The lowest BCUT2D eigenvalue weighted by atomic mass is 10.0. The van der Waals surface area contributed by atoms with Gasteiger partial charge in [0.05, 0.1) is 6.10 Å². The van der Waals surface area contributed by atoms with Crippen LogP contribution in [-0.4, -0.2) is 29.1 Å². The van der Waals surface area contributed by atoms with Crippen LogP contribution in [0.2, 0.25) is 0 Å². The molecule has 3 N–H and O–H groups in total. The maximum atomic E-state index is 9.82. The summed E-state index contributed by atoms with van der Waals surface area (Å²) in [5, 5.41) is 22.3. The third-order valence-electron chi connectivity index (χ3n) is 4.04. The molecule has 0 bridgehead atoms. The summed E-state index contributed by atoms with van der Waals surface area (Å²) in [4.78, 5) is 0. The zero-order valence-electron chi connectivity index (χ0n) is 14.4. The lowest BCUT2D eigenvalue weighted by Gasteiger charge is -2.15. The molecule has 0 amide bonds. The second kappa shape index (κ2) is 16.3. The van der Waals surface area contributed by atoms with Crippen molar-refractivity contribution in [2.24, 2.45) is 0 Å². The van der Waals surface area contributed by atoms with Gasteiger partial charge >= 0.3 is 0 Å². The number of hydrogen-bond acceptors (Lipinski definition) is 3. The van der Waals surface area contributed by atoms with E-state index >= 15 is 0 Å². The van der Waals surface area contributed by atoms with E-state index in [-0.39, 0.29) is 6.10 Å². The molecule has 0 fully saturated rings. The summed E-state index contributed by atoms with van der Waals surface area (Å²) in [5.74, 6) is 0. The van der Waals surface area contributed by atoms with Crippen LogP contribution >= 0.6 is 0 Å². The fourth-order valence-corrected chi connectivity index (χ4v) is 2.62. The summed E-state index contributed by atoms with van der Waals surface area (Å²) in [6.45, 7) is 4.82. The van der Waals surface area contributed by atoms with E-state index in [0.717, 1.165) is 25.7 Å². The van der Waals surface area contributed by atoms with E-state index in [1.165, 1.54) is 57.8 Å². The Balaban J connectivity index is 3.19. The van der Waals surface area contributed by atoms with Crippen molar-refractivity contribution < 1.29 is 10.2 Å². The van der Waals surface area contributed by atoms with Crippen LogP contribution in [0.5, 0.6) is 0 Å². The van der Waals surface area contributed by atoms with Gasteiger partial charge in [-0.1, -0.05) is 84.5 Å². The van der Waals surface area contributed by atoms with Crippen LogP contribution in [0.3, 0.4) is 0 Å². The van der Waals surface area contributed by atoms with Crippen LogP contribution in [0.1, 0.15) is 97.3 Å². The van der Waals surface area contributed by atoms with Gasteiger partial charge in [-0.25, -0.2) is 0 Å². The molecule has 0 aromatic rings. The minimum Gasteiger partial charge on any atom is -0.392 e. The van der Waals surface area contributed by atoms with Gasteiger partial charge in [-0.2, -0.15) is 0 Å². The Bertz CT molecular complexity index is 200. The molecule has 0 aromatic carbocycles. The summed E-state index contributed by atoms with van der Waals surface area (Å²) in [5.41, 5.74) is 0. The van der Waals surface area contributed by atoms with E-state index in [4.69, 9.17) is 0 Å². The normalized spacial score (nSPS) is 14.3. The highest BCUT2D eigenvalue weighted by Gasteiger charge is 2.07. The smallest absolute Gasteiger partial charge is 0.104 e. The van der Waals surface area contributed by atoms with Crippen molar-refractivity contribution in [2.45, 2.75) is 110 Å². The molecule has 3 heteroatoms. The molecule has 0 aliphatic heterocycles. The van der Waals surface area contributed by atoms with Crippen LogP contribution in [-0.2, 0) is 0 Å². The number of aliphatic hydroxyl groups excluding tert-OH is 2. The van der Waals surface area contributed by atoms with Crippen molar-refractivity contribution in [1.82, 2.24) is 5.32 Å². The standard InChI is InChI=1S/C18H39NO2/c1-3-5-6-7-8-9-10-11-12-13-15-17(20)16-19-18(21)14-4-2/h17-21H,3-16H2,1-2H3. The maximum absolute atomic E-state index is 9.82. The molecule has 0 spiro atoms.